The minimum atomic E-state index is -0.689. The molecule has 0 bridgehead atoms. The van der Waals surface area contributed by atoms with Crippen LogP contribution >= 0.6 is 11.6 Å². The summed E-state index contributed by atoms with van der Waals surface area (Å²) in [6, 6.07) is 10.6. The highest BCUT2D eigenvalue weighted by Gasteiger charge is 2.21. The first-order valence-electron chi connectivity index (χ1n) is 8.28. The van der Waals surface area contributed by atoms with Crippen LogP contribution in [0.2, 0.25) is 5.02 Å². The predicted molar refractivity (Wildman–Crippen MR) is 111 cm³/mol. The standard InChI is InChI=1S/C19H19ClN4O4/c1-19(2,3)18(11-6-13-4-7-14(20)8-5-13)22-21-16-10-9-15(23(25)26)12-17(16)24(27)28/h4-12,21H,1-3H3/b11-6-,22-18?. The third kappa shape index (κ3) is 5.62. The van der Waals surface area contributed by atoms with Crippen LogP contribution in [0.25, 0.3) is 6.08 Å². The fourth-order valence-electron chi connectivity index (χ4n) is 2.20. The Morgan fingerprint density at radius 1 is 1.07 bits per heavy atom. The van der Waals surface area contributed by atoms with Crippen molar-refractivity contribution in [1.29, 1.82) is 0 Å². The van der Waals surface area contributed by atoms with Gasteiger partial charge in [0, 0.05) is 16.5 Å². The van der Waals surface area contributed by atoms with Gasteiger partial charge >= 0.3 is 5.69 Å². The highest BCUT2D eigenvalue weighted by molar-refractivity contribution is 6.30. The minimum absolute atomic E-state index is 0.0669. The second kappa shape index (κ2) is 8.62. The van der Waals surface area contributed by atoms with Crippen molar-refractivity contribution in [2.24, 2.45) is 10.5 Å². The lowest BCUT2D eigenvalue weighted by atomic mass is 9.89. The van der Waals surface area contributed by atoms with Gasteiger partial charge in [0.05, 0.1) is 21.6 Å². The van der Waals surface area contributed by atoms with Crippen molar-refractivity contribution in [3.05, 3.63) is 79.4 Å². The number of rotatable bonds is 6. The van der Waals surface area contributed by atoms with Gasteiger partial charge in [0.25, 0.3) is 5.69 Å². The molecule has 0 aliphatic carbocycles. The maximum Gasteiger partial charge on any atom is 0.301 e. The van der Waals surface area contributed by atoms with E-state index in [1.54, 1.807) is 18.2 Å². The lowest BCUT2D eigenvalue weighted by Gasteiger charge is -2.19. The number of nitrogens with one attached hydrogen (secondary N) is 1. The van der Waals surface area contributed by atoms with Gasteiger partial charge in [-0.3, -0.25) is 25.7 Å². The Labute approximate surface area is 166 Å². The molecule has 9 heteroatoms. The van der Waals surface area contributed by atoms with Crippen LogP contribution < -0.4 is 5.43 Å². The van der Waals surface area contributed by atoms with E-state index in [9.17, 15) is 20.2 Å². The van der Waals surface area contributed by atoms with E-state index < -0.39 is 15.5 Å². The molecular formula is C19H19ClN4O4. The average Bonchev–Trinajstić information content (AvgIpc) is 2.61. The highest BCUT2D eigenvalue weighted by atomic mass is 35.5. The summed E-state index contributed by atoms with van der Waals surface area (Å²) in [6.45, 7) is 5.85. The van der Waals surface area contributed by atoms with Gasteiger partial charge in [-0.2, -0.15) is 5.10 Å². The molecule has 2 rings (SSSR count). The van der Waals surface area contributed by atoms with Crippen molar-refractivity contribution in [2.45, 2.75) is 20.8 Å². The molecule has 0 aliphatic rings. The number of hydrogen-bond acceptors (Lipinski definition) is 6. The maximum absolute atomic E-state index is 11.2. The van der Waals surface area contributed by atoms with Gasteiger partial charge < -0.3 is 0 Å². The lowest BCUT2D eigenvalue weighted by Crippen LogP contribution is -2.19. The van der Waals surface area contributed by atoms with E-state index in [0.29, 0.717) is 10.7 Å². The van der Waals surface area contributed by atoms with Crippen LogP contribution in [0, 0.1) is 25.6 Å². The van der Waals surface area contributed by atoms with Gasteiger partial charge in [-0.15, -0.1) is 0 Å². The van der Waals surface area contributed by atoms with Crippen LogP contribution in [0.3, 0.4) is 0 Å². The van der Waals surface area contributed by atoms with Crippen LogP contribution in [0.1, 0.15) is 26.3 Å². The molecule has 0 aromatic heterocycles. The molecule has 146 valence electrons. The Morgan fingerprint density at radius 2 is 1.71 bits per heavy atom. The second-order valence-corrected chi connectivity index (χ2v) is 7.40. The molecule has 0 atom stereocenters. The smallest absolute Gasteiger partial charge is 0.271 e. The average molecular weight is 403 g/mol. The SMILES string of the molecule is CC(C)(C)C(/C=C\c1ccc(Cl)cc1)=NNc1ccc([N+](=O)[O-])cc1[N+](=O)[O-]. The van der Waals surface area contributed by atoms with Crippen LogP contribution in [-0.4, -0.2) is 15.6 Å². The number of benzene rings is 2. The zero-order chi connectivity index (χ0) is 20.9. The molecule has 0 aliphatic heterocycles. The number of non-ortho nitro benzene ring substituents is 1. The zero-order valence-electron chi connectivity index (χ0n) is 15.5. The number of hydrazone groups is 1. The van der Waals surface area contributed by atoms with E-state index in [2.05, 4.69) is 10.5 Å². The van der Waals surface area contributed by atoms with Gasteiger partial charge in [0.1, 0.15) is 5.69 Å². The van der Waals surface area contributed by atoms with Gasteiger partial charge in [-0.1, -0.05) is 50.6 Å². The number of allylic oxidation sites excluding steroid dienone is 1. The Kier molecular flexibility index (Phi) is 6.48. The third-order valence-electron chi connectivity index (χ3n) is 3.76. The van der Waals surface area contributed by atoms with Crippen molar-refractivity contribution < 1.29 is 9.85 Å². The molecule has 8 nitrogen and oxygen atoms in total. The number of anilines is 1. The summed E-state index contributed by atoms with van der Waals surface area (Å²) >= 11 is 5.88. The van der Waals surface area contributed by atoms with Crippen molar-refractivity contribution in [3.8, 4) is 0 Å². The molecule has 0 saturated carbocycles. The predicted octanol–water partition coefficient (Wildman–Crippen LogP) is 5.68. The first-order chi connectivity index (χ1) is 13.1. The Morgan fingerprint density at radius 3 is 2.25 bits per heavy atom. The molecule has 0 fully saturated rings. The molecule has 0 radical (unpaired) electrons. The molecule has 0 spiro atoms. The molecule has 0 unspecified atom stereocenters. The monoisotopic (exact) mass is 402 g/mol. The molecule has 2 aromatic carbocycles. The van der Waals surface area contributed by atoms with Crippen LogP contribution in [0.5, 0.6) is 0 Å². The summed E-state index contributed by atoms with van der Waals surface area (Å²) in [6.07, 6.45) is 3.65. The van der Waals surface area contributed by atoms with E-state index in [-0.39, 0.29) is 16.8 Å². The molecule has 0 saturated heterocycles. The minimum Gasteiger partial charge on any atom is -0.271 e. The van der Waals surface area contributed by atoms with E-state index in [1.165, 1.54) is 12.1 Å². The zero-order valence-corrected chi connectivity index (χ0v) is 16.3. The fraction of sp³-hybridized carbons (Fsp3) is 0.211. The Hall–Kier alpha value is -3.26. The summed E-state index contributed by atoms with van der Waals surface area (Å²) in [5, 5.41) is 27.0. The molecule has 0 heterocycles. The van der Waals surface area contributed by atoms with Gasteiger partial charge in [-0.25, -0.2) is 0 Å². The number of hydrogen-bond donors (Lipinski definition) is 1. The number of nitrogens with zero attached hydrogens (tertiary/aromatic N) is 3. The molecule has 0 amide bonds. The second-order valence-electron chi connectivity index (χ2n) is 6.96. The molecule has 28 heavy (non-hydrogen) atoms. The summed E-state index contributed by atoms with van der Waals surface area (Å²) < 4.78 is 0. The third-order valence-corrected chi connectivity index (χ3v) is 4.01. The van der Waals surface area contributed by atoms with E-state index >= 15 is 0 Å². The first kappa shape index (κ1) is 21.0. The van der Waals surface area contributed by atoms with E-state index in [1.807, 2.05) is 39.0 Å². The fourth-order valence-corrected chi connectivity index (χ4v) is 2.33. The van der Waals surface area contributed by atoms with Crippen LogP contribution in [-0.2, 0) is 0 Å². The lowest BCUT2D eigenvalue weighted by molar-refractivity contribution is -0.393. The highest BCUT2D eigenvalue weighted by Crippen LogP contribution is 2.29. The number of halogens is 1. The van der Waals surface area contributed by atoms with Crippen molar-refractivity contribution >= 4 is 40.5 Å². The topological polar surface area (TPSA) is 111 Å². The Balaban J connectivity index is 2.34. The molecule has 1 N–H and O–H groups in total. The van der Waals surface area contributed by atoms with Crippen LogP contribution in [0.4, 0.5) is 17.1 Å². The normalized spacial score (nSPS) is 12.2. The van der Waals surface area contributed by atoms with Crippen molar-refractivity contribution in [3.63, 3.8) is 0 Å². The number of nitro groups is 2. The molecule has 2 aromatic rings. The maximum atomic E-state index is 11.2. The number of nitro benzene ring substituents is 2. The van der Waals surface area contributed by atoms with Crippen molar-refractivity contribution in [2.75, 3.05) is 5.43 Å². The quantitative estimate of drug-likeness (QED) is 0.379. The summed E-state index contributed by atoms with van der Waals surface area (Å²) in [4.78, 5) is 20.7. The van der Waals surface area contributed by atoms with Crippen molar-refractivity contribution in [1.82, 2.24) is 0 Å². The Bertz CT molecular complexity index is 947. The molecular weight excluding hydrogens is 384 g/mol. The van der Waals surface area contributed by atoms with E-state index in [0.717, 1.165) is 11.6 Å². The van der Waals surface area contributed by atoms with Gasteiger partial charge in [0.2, 0.25) is 0 Å². The van der Waals surface area contributed by atoms with Gasteiger partial charge in [0.15, 0.2) is 0 Å². The summed E-state index contributed by atoms with van der Waals surface area (Å²) in [5.41, 5.74) is 3.14. The largest absolute Gasteiger partial charge is 0.301 e. The van der Waals surface area contributed by atoms with Gasteiger partial charge in [-0.05, 0) is 29.8 Å². The summed E-state index contributed by atoms with van der Waals surface area (Å²) in [7, 11) is 0. The first-order valence-corrected chi connectivity index (χ1v) is 8.66. The summed E-state index contributed by atoms with van der Waals surface area (Å²) in [5.74, 6) is 0. The van der Waals surface area contributed by atoms with E-state index in [4.69, 9.17) is 11.6 Å². The van der Waals surface area contributed by atoms with Crippen LogP contribution in [0.15, 0.2) is 53.6 Å².